The van der Waals surface area contributed by atoms with E-state index in [1.165, 1.54) is 44.9 Å². The minimum Gasteiger partial charge on any atom is -0.463 e. The summed E-state index contributed by atoms with van der Waals surface area (Å²) in [7, 11) is 0. The van der Waals surface area contributed by atoms with E-state index in [0.717, 1.165) is 31.4 Å². The summed E-state index contributed by atoms with van der Waals surface area (Å²) >= 11 is 0. The van der Waals surface area contributed by atoms with Crippen LogP contribution in [0.25, 0.3) is 0 Å². The third kappa shape index (κ3) is 18.6. The fourth-order valence-corrected chi connectivity index (χ4v) is 2.22. The molecule has 0 saturated heterocycles. The number of rotatable bonds is 14. The first-order chi connectivity index (χ1) is 12.6. The van der Waals surface area contributed by atoms with Crippen molar-refractivity contribution in [2.24, 2.45) is 5.92 Å². The van der Waals surface area contributed by atoms with Gasteiger partial charge in [-0.15, -0.1) is 0 Å². The van der Waals surface area contributed by atoms with Gasteiger partial charge in [0.25, 0.3) is 0 Å². The summed E-state index contributed by atoms with van der Waals surface area (Å²) in [5.41, 5.74) is 0. The smallest absolute Gasteiger partial charge is 0.331 e. The fraction of sp³-hybridized carbons (Fsp3) is 0.727. The molecule has 26 heavy (non-hydrogen) atoms. The first-order valence-corrected chi connectivity index (χ1v) is 10.0. The number of carbonyl (C=O) groups excluding carboxylic acids is 2. The van der Waals surface area contributed by atoms with Crippen LogP contribution in [-0.4, -0.2) is 25.2 Å². The molecular formula is C22H36O4. The molecule has 0 aliphatic rings. The van der Waals surface area contributed by atoms with Gasteiger partial charge in [-0.1, -0.05) is 77.6 Å². The molecule has 0 atom stereocenters. The largest absolute Gasteiger partial charge is 0.463 e. The van der Waals surface area contributed by atoms with Crippen LogP contribution in [0.4, 0.5) is 0 Å². The van der Waals surface area contributed by atoms with E-state index in [9.17, 15) is 9.59 Å². The summed E-state index contributed by atoms with van der Waals surface area (Å²) in [4.78, 5) is 22.8. The zero-order chi connectivity index (χ0) is 19.5. The Bertz CT molecular complexity index is 454. The molecule has 0 radical (unpaired) electrons. The van der Waals surface area contributed by atoms with Gasteiger partial charge in [-0.2, -0.15) is 0 Å². The van der Waals surface area contributed by atoms with Crippen molar-refractivity contribution in [1.82, 2.24) is 0 Å². The SMILES string of the molecule is CCCCCCCCCCC#CCOC(=O)/C=C/C(=O)OCCC(C)C. The van der Waals surface area contributed by atoms with Crippen LogP contribution in [0.15, 0.2) is 12.2 Å². The predicted molar refractivity (Wildman–Crippen MR) is 106 cm³/mol. The molecule has 0 bridgehead atoms. The lowest BCUT2D eigenvalue weighted by atomic mass is 10.1. The fourth-order valence-electron chi connectivity index (χ4n) is 2.22. The first-order valence-electron chi connectivity index (χ1n) is 10.0. The third-order valence-electron chi connectivity index (χ3n) is 3.86. The van der Waals surface area contributed by atoms with Crippen LogP contribution in [0.5, 0.6) is 0 Å². The lowest BCUT2D eigenvalue weighted by Crippen LogP contribution is -2.06. The third-order valence-corrected chi connectivity index (χ3v) is 3.86. The predicted octanol–water partition coefficient (Wildman–Crippen LogP) is 5.21. The van der Waals surface area contributed by atoms with E-state index >= 15 is 0 Å². The molecule has 4 heteroatoms. The van der Waals surface area contributed by atoms with Gasteiger partial charge in [-0.3, -0.25) is 0 Å². The minimum absolute atomic E-state index is 0.0581. The van der Waals surface area contributed by atoms with Crippen LogP contribution < -0.4 is 0 Å². The van der Waals surface area contributed by atoms with Gasteiger partial charge in [-0.05, 0) is 18.8 Å². The minimum atomic E-state index is -0.577. The average Bonchev–Trinajstić information content (AvgIpc) is 2.60. The molecule has 0 aliphatic heterocycles. The Morgan fingerprint density at radius 3 is 2.04 bits per heavy atom. The van der Waals surface area contributed by atoms with E-state index in [4.69, 9.17) is 9.47 Å². The Morgan fingerprint density at radius 1 is 0.846 bits per heavy atom. The number of esters is 2. The van der Waals surface area contributed by atoms with Crippen molar-refractivity contribution in [3.8, 4) is 11.8 Å². The maximum atomic E-state index is 11.4. The average molecular weight is 365 g/mol. The second-order valence-corrected chi connectivity index (χ2v) is 6.87. The molecule has 4 nitrogen and oxygen atoms in total. The highest BCUT2D eigenvalue weighted by atomic mass is 16.5. The Labute approximate surface area is 159 Å². The number of hydrogen-bond acceptors (Lipinski definition) is 4. The first kappa shape index (κ1) is 24.2. The van der Waals surface area contributed by atoms with Crippen molar-refractivity contribution >= 4 is 11.9 Å². The van der Waals surface area contributed by atoms with Gasteiger partial charge in [0.15, 0.2) is 6.61 Å². The molecule has 0 aromatic carbocycles. The molecule has 0 heterocycles. The van der Waals surface area contributed by atoms with Gasteiger partial charge in [0.05, 0.1) is 6.61 Å². The molecule has 0 spiro atoms. The van der Waals surface area contributed by atoms with Crippen LogP contribution in [-0.2, 0) is 19.1 Å². The highest BCUT2D eigenvalue weighted by Crippen LogP contribution is 2.09. The molecule has 0 aromatic heterocycles. The number of hydrogen-bond donors (Lipinski definition) is 0. The van der Waals surface area contributed by atoms with Crippen LogP contribution in [0.3, 0.4) is 0 Å². The van der Waals surface area contributed by atoms with E-state index < -0.39 is 11.9 Å². The number of ether oxygens (including phenoxy) is 2. The number of unbranched alkanes of at least 4 members (excludes halogenated alkanes) is 8. The van der Waals surface area contributed by atoms with E-state index in [1.54, 1.807) is 0 Å². The van der Waals surface area contributed by atoms with Crippen LogP contribution in [0.1, 0.15) is 85.0 Å². The van der Waals surface area contributed by atoms with Crippen molar-refractivity contribution in [2.45, 2.75) is 85.0 Å². The molecule has 0 saturated carbocycles. The second kappa shape index (κ2) is 18.0. The summed E-state index contributed by atoms with van der Waals surface area (Å²) < 4.78 is 9.87. The normalized spacial score (nSPS) is 10.6. The maximum Gasteiger partial charge on any atom is 0.331 e. The van der Waals surface area contributed by atoms with Gasteiger partial charge in [-0.25, -0.2) is 9.59 Å². The highest BCUT2D eigenvalue weighted by molar-refractivity contribution is 5.91. The quantitative estimate of drug-likeness (QED) is 0.184. The van der Waals surface area contributed by atoms with Crippen molar-refractivity contribution in [2.75, 3.05) is 13.2 Å². The van der Waals surface area contributed by atoms with Gasteiger partial charge < -0.3 is 9.47 Å². The topological polar surface area (TPSA) is 52.6 Å². The van der Waals surface area contributed by atoms with Gasteiger partial charge >= 0.3 is 11.9 Å². The monoisotopic (exact) mass is 364 g/mol. The van der Waals surface area contributed by atoms with Crippen LogP contribution in [0, 0.1) is 17.8 Å². The van der Waals surface area contributed by atoms with Crippen molar-refractivity contribution in [3.05, 3.63) is 12.2 Å². The Hall–Kier alpha value is -1.76. The molecule has 0 amide bonds. The second-order valence-electron chi connectivity index (χ2n) is 6.87. The molecule has 0 fully saturated rings. The molecule has 0 aliphatic carbocycles. The van der Waals surface area contributed by atoms with E-state index in [0.29, 0.717) is 12.5 Å². The summed E-state index contributed by atoms with van der Waals surface area (Å²) in [5, 5.41) is 0. The van der Waals surface area contributed by atoms with Gasteiger partial charge in [0, 0.05) is 18.6 Å². The summed E-state index contributed by atoms with van der Waals surface area (Å²) in [6, 6.07) is 0. The van der Waals surface area contributed by atoms with Crippen molar-refractivity contribution in [1.29, 1.82) is 0 Å². The Morgan fingerprint density at radius 2 is 1.42 bits per heavy atom. The summed E-state index contributed by atoms with van der Waals surface area (Å²) in [5.74, 6) is 5.21. The molecule has 0 unspecified atom stereocenters. The lowest BCUT2D eigenvalue weighted by molar-refractivity contribution is -0.140. The zero-order valence-corrected chi connectivity index (χ0v) is 16.9. The Kier molecular flexibility index (Phi) is 16.8. The Balaban J connectivity index is 3.57. The van der Waals surface area contributed by atoms with Gasteiger partial charge in [0.1, 0.15) is 0 Å². The molecule has 148 valence electrons. The van der Waals surface area contributed by atoms with Crippen LogP contribution >= 0.6 is 0 Å². The summed E-state index contributed by atoms with van der Waals surface area (Å²) in [6.45, 7) is 6.76. The maximum absolute atomic E-state index is 11.4. The van der Waals surface area contributed by atoms with Gasteiger partial charge in [0.2, 0.25) is 0 Å². The highest BCUT2D eigenvalue weighted by Gasteiger charge is 2.01. The lowest BCUT2D eigenvalue weighted by Gasteiger charge is -2.03. The van der Waals surface area contributed by atoms with Crippen molar-refractivity contribution in [3.63, 3.8) is 0 Å². The van der Waals surface area contributed by atoms with E-state index in [-0.39, 0.29) is 6.61 Å². The van der Waals surface area contributed by atoms with E-state index in [2.05, 4.69) is 32.6 Å². The number of carbonyl (C=O) groups is 2. The van der Waals surface area contributed by atoms with Crippen LogP contribution in [0.2, 0.25) is 0 Å². The summed E-state index contributed by atoms with van der Waals surface area (Å²) in [6.07, 6.45) is 14.0. The molecular weight excluding hydrogens is 328 g/mol. The molecule has 0 N–H and O–H groups in total. The van der Waals surface area contributed by atoms with Crippen molar-refractivity contribution < 1.29 is 19.1 Å². The molecule has 0 rings (SSSR count). The van der Waals surface area contributed by atoms with E-state index in [1.807, 2.05) is 0 Å². The zero-order valence-electron chi connectivity index (χ0n) is 16.9. The molecule has 0 aromatic rings. The standard InChI is InChI=1S/C22H36O4/c1-4-5-6-7-8-9-10-11-12-13-14-18-25-21(23)15-16-22(24)26-19-17-20(2)3/h15-16,20H,4-12,17-19H2,1-3H3/b16-15+.